The van der Waals surface area contributed by atoms with Crippen molar-refractivity contribution in [1.82, 2.24) is 5.32 Å². The van der Waals surface area contributed by atoms with Gasteiger partial charge in [0.15, 0.2) is 0 Å². The summed E-state index contributed by atoms with van der Waals surface area (Å²) >= 11 is 0. The summed E-state index contributed by atoms with van der Waals surface area (Å²) < 4.78 is 6.23. The Bertz CT molecular complexity index is 426. The molecule has 1 aromatic carbocycles. The predicted molar refractivity (Wildman–Crippen MR) is 85.4 cm³/mol. The summed E-state index contributed by atoms with van der Waals surface area (Å²) in [7, 11) is 0. The molecule has 0 aromatic heterocycles. The molecule has 112 valence electrons. The average Bonchev–Trinajstić information content (AvgIpc) is 2.45. The summed E-state index contributed by atoms with van der Waals surface area (Å²) in [6.07, 6.45) is 2.60. The molecule has 1 aromatic rings. The number of ether oxygens (including phenoxy) is 1. The highest BCUT2D eigenvalue weighted by molar-refractivity contribution is 5.29. The van der Waals surface area contributed by atoms with Crippen LogP contribution in [0.5, 0.6) is 5.75 Å². The zero-order valence-electron chi connectivity index (χ0n) is 13.6. The average molecular weight is 275 g/mol. The normalized spacial score (nSPS) is 29.3. The van der Waals surface area contributed by atoms with Crippen LogP contribution in [0.3, 0.4) is 0 Å². The van der Waals surface area contributed by atoms with Crippen molar-refractivity contribution in [3.05, 3.63) is 29.8 Å². The fourth-order valence-electron chi connectivity index (χ4n) is 3.13. The first-order valence-electron chi connectivity index (χ1n) is 8.01. The molecule has 2 rings (SSSR count). The van der Waals surface area contributed by atoms with E-state index >= 15 is 0 Å². The molecule has 2 nitrogen and oxygen atoms in total. The molecule has 0 radical (unpaired) electrons. The van der Waals surface area contributed by atoms with Gasteiger partial charge in [-0.1, -0.05) is 46.8 Å². The highest BCUT2D eigenvalue weighted by atomic mass is 16.5. The molecule has 3 unspecified atom stereocenters. The Kier molecular flexibility index (Phi) is 4.74. The number of rotatable bonds is 6. The second-order valence-corrected chi connectivity index (χ2v) is 6.54. The van der Waals surface area contributed by atoms with Gasteiger partial charge >= 0.3 is 0 Å². The molecule has 1 saturated carbocycles. The van der Waals surface area contributed by atoms with E-state index in [2.05, 4.69) is 64.2 Å². The van der Waals surface area contributed by atoms with Gasteiger partial charge in [-0.25, -0.2) is 0 Å². The second-order valence-electron chi connectivity index (χ2n) is 6.54. The number of hydrogen-bond acceptors (Lipinski definition) is 2. The highest BCUT2D eigenvalue weighted by Crippen LogP contribution is 2.46. The summed E-state index contributed by atoms with van der Waals surface area (Å²) in [6.45, 7) is 12.3. The van der Waals surface area contributed by atoms with Crippen LogP contribution >= 0.6 is 0 Å². The van der Waals surface area contributed by atoms with Gasteiger partial charge in [-0.3, -0.25) is 0 Å². The molecule has 1 fully saturated rings. The fraction of sp³-hybridized carbons (Fsp3) is 0.667. The van der Waals surface area contributed by atoms with E-state index in [-0.39, 0.29) is 5.41 Å². The van der Waals surface area contributed by atoms with Crippen molar-refractivity contribution in [2.45, 2.75) is 65.5 Å². The SMILES string of the molecule is CCNC1CC(Oc2ccc(C(C)C)cc2)C1(C)CC. The van der Waals surface area contributed by atoms with Crippen molar-refractivity contribution >= 4 is 0 Å². The van der Waals surface area contributed by atoms with Crippen LogP contribution in [0.4, 0.5) is 0 Å². The first-order chi connectivity index (χ1) is 9.51. The van der Waals surface area contributed by atoms with Gasteiger partial charge in [-0.15, -0.1) is 0 Å². The summed E-state index contributed by atoms with van der Waals surface area (Å²) in [4.78, 5) is 0. The van der Waals surface area contributed by atoms with Crippen LogP contribution in [0.25, 0.3) is 0 Å². The summed E-state index contributed by atoms with van der Waals surface area (Å²) in [5.41, 5.74) is 1.63. The van der Waals surface area contributed by atoms with E-state index in [4.69, 9.17) is 4.74 Å². The second kappa shape index (κ2) is 6.17. The third kappa shape index (κ3) is 2.85. The Morgan fingerprint density at radius 2 is 1.90 bits per heavy atom. The van der Waals surface area contributed by atoms with Crippen molar-refractivity contribution in [3.8, 4) is 5.75 Å². The van der Waals surface area contributed by atoms with Crippen molar-refractivity contribution in [1.29, 1.82) is 0 Å². The minimum Gasteiger partial charge on any atom is -0.490 e. The van der Waals surface area contributed by atoms with Crippen LogP contribution in [0, 0.1) is 5.41 Å². The molecule has 0 aliphatic heterocycles. The molecule has 3 atom stereocenters. The van der Waals surface area contributed by atoms with E-state index in [0.29, 0.717) is 18.1 Å². The molecule has 20 heavy (non-hydrogen) atoms. The van der Waals surface area contributed by atoms with E-state index in [1.165, 1.54) is 5.56 Å². The third-order valence-electron chi connectivity index (χ3n) is 5.02. The van der Waals surface area contributed by atoms with Gasteiger partial charge in [0.25, 0.3) is 0 Å². The largest absolute Gasteiger partial charge is 0.490 e. The quantitative estimate of drug-likeness (QED) is 0.833. The smallest absolute Gasteiger partial charge is 0.119 e. The van der Waals surface area contributed by atoms with E-state index in [1.807, 2.05) is 0 Å². The van der Waals surface area contributed by atoms with E-state index in [9.17, 15) is 0 Å². The van der Waals surface area contributed by atoms with Gasteiger partial charge in [0.05, 0.1) is 0 Å². The van der Waals surface area contributed by atoms with Crippen molar-refractivity contribution in [3.63, 3.8) is 0 Å². The van der Waals surface area contributed by atoms with Crippen LogP contribution in [0.2, 0.25) is 0 Å². The molecule has 1 aliphatic carbocycles. The monoisotopic (exact) mass is 275 g/mol. The number of hydrogen-bond donors (Lipinski definition) is 1. The maximum Gasteiger partial charge on any atom is 0.119 e. The Morgan fingerprint density at radius 1 is 1.25 bits per heavy atom. The molecule has 2 heteroatoms. The van der Waals surface area contributed by atoms with Gasteiger partial charge < -0.3 is 10.1 Å². The van der Waals surface area contributed by atoms with E-state index in [1.54, 1.807) is 0 Å². The Hall–Kier alpha value is -1.02. The lowest BCUT2D eigenvalue weighted by molar-refractivity contribution is -0.0697. The fourth-order valence-corrected chi connectivity index (χ4v) is 3.13. The molecule has 0 saturated heterocycles. The van der Waals surface area contributed by atoms with Crippen molar-refractivity contribution in [2.24, 2.45) is 5.41 Å². The molecule has 1 aliphatic rings. The van der Waals surface area contributed by atoms with Crippen molar-refractivity contribution in [2.75, 3.05) is 6.54 Å². The van der Waals surface area contributed by atoms with Crippen LogP contribution in [-0.4, -0.2) is 18.7 Å². The minimum absolute atomic E-state index is 0.257. The van der Waals surface area contributed by atoms with Gasteiger partial charge in [-0.2, -0.15) is 0 Å². The Morgan fingerprint density at radius 3 is 2.40 bits per heavy atom. The van der Waals surface area contributed by atoms with Crippen LogP contribution in [0.15, 0.2) is 24.3 Å². The van der Waals surface area contributed by atoms with Gasteiger partial charge in [0.2, 0.25) is 0 Å². The first-order valence-corrected chi connectivity index (χ1v) is 8.01. The Labute approximate surface area is 123 Å². The van der Waals surface area contributed by atoms with E-state index in [0.717, 1.165) is 25.1 Å². The van der Waals surface area contributed by atoms with Crippen LogP contribution < -0.4 is 10.1 Å². The number of benzene rings is 1. The third-order valence-corrected chi connectivity index (χ3v) is 5.02. The molecular weight excluding hydrogens is 246 g/mol. The summed E-state index contributed by atoms with van der Waals surface area (Å²) in [6, 6.07) is 9.20. The molecule has 1 N–H and O–H groups in total. The van der Waals surface area contributed by atoms with Gasteiger partial charge in [-0.05, 0) is 36.6 Å². The highest BCUT2D eigenvalue weighted by Gasteiger charge is 2.51. The Balaban J connectivity index is 2.00. The minimum atomic E-state index is 0.257. The van der Waals surface area contributed by atoms with Crippen molar-refractivity contribution < 1.29 is 4.74 Å². The van der Waals surface area contributed by atoms with Crippen LogP contribution in [-0.2, 0) is 0 Å². The molecule has 0 spiro atoms. The first kappa shape index (κ1) is 15.4. The van der Waals surface area contributed by atoms with Gasteiger partial charge in [0.1, 0.15) is 11.9 Å². The van der Waals surface area contributed by atoms with Crippen LogP contribution in [0.1, 0.15) is 58.9 Å². The van der Waals surface area contributed by atoms with Gasteiger partial charge in [0, 0.05) is 17.9 Å². The maximum atomic E-state index is 6.23. The lowest BCUT2D eigenvalue weighted by atomic mass is 9.61. The standard InChI is InChI=1S/C18H29NO/c1-6-18(5)16(19-7-2)12-17(18)20-15-10-8-14(9-11-15)13(3)4/h8-11,13,16-17,19H,6-7,12H2,1-5H3. The topological polar surface area (TPSA) is 21.3 Å². The zero-order chi connectivity index (χ0) is 14.8. The predicted octanol–water partition coefficient (Wildman–Crippen LogP) is 4.36. The molecule has 0 bridgehead atoms. The summed E-state index contributed by atoms with van der Waals surface area (Å²) in [5, 5.41) is 3.58. The zero-order valence-corrected chi connectivity index (χ0v) is 13.6. The van der Waals surface area contributed by atoms with E-state index < -0.39 is 0 Å². The number of nitrogens with one attached hydrogen (secondary N) is 1. The summed E-state index contributed by atoms with van der Waals surface area (Å²) in [5.74, 6) is 1.58. The molecular formula is C18H29NO. The molecule has 0 amide bonds. The lowest BCUT2D eigenvalue weighted by Gasteiger charge is -2.53. The maximum absolute atomic E-state index is 6.23. The lowest BCUT2D eigenvalue weighted by Crippen LogP contribution is -2.63. The molecule has 0 heterocycles.